The van der Waals surface area contributed by atoms with Crippen LogP contribution in [-0.4, -0.2) is 20.6 Å². The summed E-state index contributed by atoms with van der Waals surface area (Å²) in [5.74, 6) is 0.174. The van der Waals surface area contributed by atoms with Gasteiger partial charge in [-0.25, -0.2) is 4.98 Å². The third kappa shape index (κ3) is 3.71. The number of hydrogen-bond acceptors (Lipinski definition) is 2. The predicted molar refractivity (Wildman–Crippen MR) is 90.9 cm³/mol. The second-order valence-corrected chi connectivity index (χ2v) is 5.91. The van der Waals surface area contributed by atoms with Gasteiger partial charge in [0.05, 0.1) is 11.0 Å². The number of carbonyl (C=O) groups is 1. The molecule has 0 aliphatic rings. The number of rotatable bonds is 6. The summed E-state index contributed by atoms with van der Waals surface area (Å²) in [7, 11) is 0. The maximum absolute atomic E-state index is 10.8. The summed E-state index contributed by atoms with van der Waals surface area (Å²) >= 11 is 5.93. The molecule has 2 aromatic carbocycles. The van der Waals surface area contributed by atoms with E-state index >= 15 is 0 Å². The molecule has 23 heavy (non-hydrogen) atoms. The normalized spacial score (nSPS) is 11.0. The van der Waals surface area contributed by atoms with Crippen molar-refractivity contribution in [2.75, 3.05) is 0 Å². The number of fused-ring (bicyclic) bond motifs is 1. The third-order valence-electron chi connectivity index (χ3n) is 3.78. The molecule has 1 heterocycles. The van der Waals surface area contributed by atoms with Gasteiger partial charge in [0.2, 0.25) is 0 Å². The van der Waals surface area contributed by atoms with Gasteiger partial charge >= 0.3 is 5.97 Å². The lowest BCUT2D eigenvalue weighted by atomic mass is 10.1. The fourth-order valence-electron chi connectivity index (χ4n) is 2.68. The van der Waals surface area contributed by atoms with Crippen molar-refractivity contribution in [3.05, 3.63) is 64.9 Å². The van der Waals surface area contributed by atoms with E-state index in [0.29, 0.717) is 24.4 Å². The van der Waals surface area contributed by atoms with Crippen molar-refractivity contribution in [1.82, 2.24) is 9.55 Å². The van der Waals surface area contributed by atoms with Gasteiger partial charge in [-0.1, -0.05) is 35.9 Å². The molecule has 3 rings (SSSR count). The maximum atomic E-state index is 10.8. The Hall–Kier alpha value is -2.33. The van der Waals surface area contributed by atoms with Crippen LogP contribution in [-0.2, 0) is 17.8 Å². The van der Waals surface area contributed by atoms with E-state index in [-0.39, 0.29) is 6.42 Å². The molecule has 0 amide bonds. The first kappa shape index (κ1) is 15.6. The standard InChI is InChI=1S/C18H17ClN2O2/c19-14-9-7-13(8-10-14)12-17-20-15-4-1-2-5-16(15)21(17)11-3-6-18(22)23/h1-2,4-5,7-10H,3,6,11-12H2,(H,22,23). The predicted octanol–water partition coefficient (Wildman–Crippen LogP) is 4.15. The molecule has 0 radical (unpaired) electrons. The van der Waals surface area contributed by atoms with Crippen molar-refractivity contribution < 1.29 is 9.90 Å². The summed E-state index contributed by atoms with van der Waals surface area (Å²) in [4.78, 5) is 15.5. The minimum Gasteiger partial charge on any atom is -0.481 e. The summed E-state index contributed by atoms with van der Waals surface area (Å²) in [6.45, 7) is 0.649. The highest BCUT2D eigenvalue weighted by molar-refractivity contribution is 6.30. The van der Waals surface area contributed by atoms with Crippen LogP contribution < -0.4 is 0 Å². The average molecular weight is 329 g/mol. The van der Waals surface area contributed by atoms with Crippen LogP contribution in [0.1, 0.15) is 24.2 Å². The number of nitrogens with zero attached hydrogens (tertiary/aromatic N) is 2. The van der Waals surface area contributed by atoms with Crippen LogP contribution in [0.4, 0.5) is 0 Å². The molecular weight excluding hydrogens is 312 g/mol. The minimum atomic E-state index is -0.770. The zero-order valence-electron chi connectivity index (χ0n) is 12.6. The highest BCUT2D eigenvalue weighted by atomic mass is 35.5. The lowest BCUT2D eigenvalue weighted by Gasteiger charge is -2.09. The van der Waals surface area contributed by atoms with Gasteiger partial charge in [0.25, 0.3) is 0 Å². The maximum Gasteiger partial charge on any atom is 0.303 e. The van der Waals surface area contributed by atoms with Crippen LogP contribution in [0.5, 0.6) is 0 Å². The molecule has 0 atom stereocenters. The van der Waals surface area contributed by atoms with E-state index in [0.717, 1.165) is 22.4 Å². The number of para-hydroxylation sites is 2. The zero-order valence-corrected chi connectivity index (χ0v) is 13.3. The van der Waals surface area contributed by atoms with Crippen LogP contribution in [0.15, 0.2) is 48.5 Å². The highest BCUT2D eigenvalue weighted by Crippen LogP contribution is 2.20. The number of halogens is 1. The van der Waals surface area contributed by atoms with Gasteiger partial charge in [-0.15, -0.1) is 0 Å². The summed E-state index contributed by atoms with van der Waals surface area (Å²) in [6.07, 6.45) is 1.44. The first-order valence-corrected chi connectivity index (χ1v) is 7.91. The second-order valence-electron chi connectivity index (χ2n) is 5.47. The molecule has 0 aliphatic carbocycles. The van der Waals surface area contributed by atoms with Crippen molar-refractivity contribution in [3.63, 3.8) is 0 Å². The van der Waals surface area contributed by atoms with Crippen LogP contribution in [0.2, 0.25) is 5.02 Å². The lowest BCUT2D eigenvalue weighted by Crippen LogP contribution is -2.06. The second kappa shape index (κ2) is 6.84. The van der Waals surface area contributed by atoms with Gasteiger partial charge < -0.3 is 9.67 Å². The number of aromatic nitrogens is 2. The smallest absolute Gasteiger partial charge is 0.303 e. The Morgan fingerprint density at radius 3 is 2.61 bits per heavy atom. The van der Waals surface area contributed by atoms with Gasteiger partial charge in [0.1, 0.15) is 5.82 Å². The van der Waals surface area contributed by atoms with E-state index in [4.69, 9.17) is 21.7 Å². The number of carboxylic acid groups (broad SMARTS) is 1. The summed E-state index contributed by atoms with van der Waals surface area (Å²) in [6, 6.07) is 15.7. The monoisotopic (exact) mass is 328 g/mol. The molecule has 118 valence electrons. The molecule has 0 bridgehead atoms. The van der Waals surface area contributed by atoms with Gasteiger partial charge in [-0.2, -0.15) is 0 Å². The molecule has 0 saturated carbocycles. The first-order chi connectivity index (χ1) is 11.1. The Bertz CT molecular complexity index is 825. The van der Waals surface area contributed by atoms with Gasteiger partial charge in [0, 0.05) is 24.4 Å². The largest absolute Gasteiger partial charge is 0.481 e. The Labute approximate surface area is 139 Å². The summed E-state index contributed by atoms with van der Waals surface area (Å²) in [5, 5.41) is 9.56. The zero-order chi connectivity index (χ0) is 16.2. The molecule has 3 aromatic rings. The average Bonchev–Trinajstić information content (AvgIpc) is 2.87. The van der Waals surface area contributed by atoms with Crippen LogP contribution >= 0.6 is 11.6 Å². The third-order valence-corrected chi connectivity index (χ3v) is 4.03. The number of aliphatic carboxylic acids is 1. The molecule has 0 unspecified atom stereocenters. The van der Waals surface area contributed by atoms with Crippen LogP contribution in [0, 0.1) is 0 Å². The van der Waals surface area contributed by atoms with E-state index in [1.807, 2.05) is 48.5 Å². The molecule has 5 heteroatoms. The van der Waals surface area contributed by atoms with Crippen LogP contribution in [0.3, 0.4) is 0 Å². The van der Waals surface area contributed by atoms with Gasteiger partial charge in [0.15, 0.2) is 0 Å². The fraction of sp³-hybridized carbons (Fsp3) is 0.222. The number of benzene rings is 2. The summed E-state index contributed by atoms with van der Waals surface area (Å²) in [5.41, 5.74) is 3.11. The lowest BCUT2D eigenvalue weighted by molar-refractivity contribution is -0.137. The van der Waals surface area contributed by atoms with Crippen molar-refractivity contribution in [2.45, 2.75) is 25.8 Å². The van der Waals surface area contributed by atoms with E-state index in [1.54, 1.807) is 0 Å². The number of carboxylic acids is 1. The number of aryl methyl sites for hydroxylation is 1. The highest BCUT2D eigenvalue weighted by Gasteiger charge is 2.11. The van der Waals surface area contributed by atoms with Crippen molar-refractivity contribution in [3.8, 4) is 0 Å². The molecule has 0 aliphatic heterocycles. The van der Waals surface area contributed by atoms with E-state index < -0.39 is 5.97 Å². The molecular formula is C18H17ClN2O2. The van der Waals surface area contributed by atoms with Crippen molar-refractivity contribution in [2.24, 2.45) is 0 Å². The van der Waals surface area contributed by atoms with Crippen molar-refractivity contribution in [1.29, 1.82) is 0 Å². The minimum absolute atomic E-state index is 0.160. The molecule has 0 spiro atoms. The quantitative estimate of drug-likeness (QED) is 0.739. The van der Waals surface area contributed by atoms with Gasteiger partial charge in [-0.05, 0) is 36.2 Å². The molecule has 1 N–H and O–H groups in total. The topological polar surface area (TPSA) is 55.1 Å². The van der Waals surface area contributed by atoms with E-state index in [9.17, 15) is 4.79 Å². The van der Waals surface area contributed by atoms with Gasteiger partial charge in [-0.3, -0.25) is 4.79 Å². The van der Waals surface area contributed by atoms with E-state index in [1.165, 1.54) is 0 Å². The molecule has 1 aromatic heterocycles. The van der Waals surface area contributed by atoms with Crippen molar-refractivity contribution >= 4 is 28.6 Å². The Balaban J connectivity index is 1.91. The Kier molecular flexibility index (Phi) is 4.63. The number of imidazole rings is 1. The fourth-order valence-corrected chi connectivity index (χ4v) is 2.81. The molecule has 0 fully saturated rings. The summed E-state index contributed by atoms with van der Waals surface area (Å²) < 4.78 is 2.12. The first-order valence-electron chi connectivity index (χ1n) is 7.54. The number of hydrogen-bond donors (Lipinski definition) is 1. The Morgan fingerprint density at radius 1 is 1.13 bits per heavy atom. The molecule has 4 nitrogen and oxygen atoms in total. The molecule has 0 saturated heterocycles. The van der Waals surface area contributed by atoms with Crippen LogP contribution in [0.25, 0.3) is 11.0 Å². The van der Waals surface area contributed by atoms with E-state index in [2.05, 4.69) is 4.57 Å². The Morgan fingerprint density at radius 2 is 1.87 bits per heavy atom. The SMILES string of the molecule is O=C(O)CCCn1c(Cc2ccc(Cl)cc2)nc2ccccc21.